The molecular weight excluding hydrogens is 512 g/mol. The number of piperazine rings is 1. The van der Waals surface area contributed by atoms with Crippen LogP contribution in [0.15, 0.2) is 73.2 Å². The number of benzene rings is 2. The molecule has 198 valence electrons. The van der Waals surface area contributed by atoms with E-state index in [9.17, 15) is 4.79 Å². The second-order valence-corrected chi connectivity index (χ2v) is 10.2. The Morgan fingerprint density at radius 1 is 0.923 bits per heavy atom. The minimum absolute atomic E-state index is 0.0782. The number of aromatic nitrogens is 3. The van der Waals surface area contributed by atoms with Crippen LogP contribution in [0.3, 0.4) is 0 Å². The highest BCUT2D eigenvalue weighted by atomic mass is 35.5. The first-order valence-electron chi connectivity index (χ1n) is 13.0. The summed E-state index contributed by atoms with van der Waals surface area (Å²) in [6, 6.07) is 18.3. The van der Waals surface area contributed by atoms with Crippen LogP contribution < -0.4 is 16.0 Å². The summed E-state index contributed by atoms with van der Waals surface area (Å²) in [4.78, 5) is 30.7. The van der Waals surface area contributed by atoms with Crippen molar-refractivity contribution in [2.24, 2.45) is 0 Å². The van der Waals surface area contributed by atoms with Crippen molar-refractivity contribution in [1.82, 2.24) is 24.8 Å². The molecule has 2 aliphatic rings. The van der Waals surface area contributed by atoms with E-state index in [4.69, 9.17) is 11.6 Å². The highest BCUT2D eigenvalue weighted by molar-refractivity contribution is 6.32. The standard InChI is InChI=1S/C29H29ClN8O/c30-25-18-32-28-34-24-14-21(16-31-17-24)6-7-22-15-23(33-27(25)36-28)8-9-26(22)35-29(39)38-12-10-37(11-13-38)19-20-4-2-1-3-5-20/h1-5,8-9,14-18H,6-7,10-13,19H2,(H,35,39)(H2,32,33,34,36). The summed E-state index contributed by atoms with van der Waals surface area (Å²) in [5.74, 6) is 0.918. The molecule has 4 aromatic rings. The number of hydrogen-bond donors (Lipinski definition) is 3. The largest absolute Gasteiger partial charge is 0.339 e. The fraction of sp³-hybridized carbons (Fsp3) is 0.241. The number of carbonyl (C=O) groups is 1. The topological polar surface area (TPSA) is 98.3 Å². The van der Waals surface area contributed by atoms with Gasteiger partial charge in [0, 0.05) is 50.3 Å². The quantitative estimate of drug-likeness (QED) is 0.317. The zero-order valence-corrected chi connectivity index (χ0v) is 22.2. The maximum absolute atomic E-state index is 13.3. The summed E-state index contributed by atoms with van der Waals surface area (Å²) < 4.78 is 0. The van der Waals surface area contributed by atoms with E-state index in [1.54, 1.807) is 12.4 Å². The Kier molecular flexibility index (Phi) is 7.25. The molecule has 9 nitrogen and oxygen atoms in total. The number of anilines is 5. The third-order valence-electron chi connectivity index (χ3n) is 7.00. The number of halogens is 1. The number of fused-ring (bicyclic) bond motifs is 6. The van der Waals surface area contributed by atoms with Crippen molar-refractivity contribution in [3.8, 4) is 0 Å². The number of aryl methyl sites for hydroxylation is 2. The molecule has 2 aliphatic heterocycles. The number of pyridine rings is 1. The summed E-state index contributed by atoms with van der Waals surface area (Å²) in [6.07, 6.45) is 6.63. The van der Waals surface area contributed by atoms with Gasteiger partial charge < -0.3 is 20.9 Å². The van der Waals surface area contributed by atoms with Crippen molar-refractivity contribution in [2.75, 3.05) is 42.1 Å². The second-order valence-electron chi connectivity index (χ2n) is 9.77. The monoisotopic (exact) mass is 540 g/mol. The molecule has 3 N–H and O–H groups in total. The van der Waals surface area contributed by atoms with E-state index in [2.05, 4.69) is 60.1 Å². The van der Waals surface area contributed by atoms with Crippen LogP contribution in [0, 0.1) is 0 Å². The fourth-order valence-electron chi connectivity index (χ4n) is 4.90. The van der Waals surface area contributed by atoms with Gasteiger partial charge in [0.1, 0.15) is 5.02 Å². The van der Waals surface area contributed by atoms with Crippen molar-refractivity contribution in [3.05, 3.63) is 94.9 Å². The van der Waals surface area contributed by atoms with Crippen LogP contribution in [-0.4, -0.2) is 57.0 Å². The maximum atomic E-state index is 13.3. The van der Waals surface area contributed by atoms with Crippen molar-refractivity contribution < 1.29 is 4.79 Å². The molecule has 0 unspecified atom stereocenters. The molecule has 0 atom stereocenters. The number of urea groups is 1. The van der Waals surface area contributed by atoms with E-state index in [1.807, 2.05) is 41.4 Å². The molecule has 0 radical (unpaired) electrons. The van der Waals surface area contributed by atoms with Crippen LogP contribution in [0.4, 0.5) is 33.6 Å². The van der Waals surface area contributed by atoms with Crippen LogP contribution in [-0.2, 0) is 19.4 Å². The van der Waals surface area contributed by atoms with Crippen LogP contribution in [0.1, 0.15) is 16.7 Å². The SMILES string of the molecule is O=C(Nc1ccc2cc1CCc1cncc(c1)Nc1ncc(Cl)c(n1)N2)N1CCN(Cc2ccccc2)CC1. The number of rotatable bonds is 3. The lowest BCUT2D eigenvalue weighted by Gasteiger charge is -2.34. The van der Waals surface area contributed by atoms with E-state index < -0.39 is 0 Å². The molecule has 1 saturated heterocycles. The van der Waals surface area contributed by atoms with Gasteiger partial charge >= 0.3 is 6.03 Å². The lowest BCUT2D eigenvalue weighted by molar-refractivity contribution is 0.143. The molecular formula is C29H29ClN8O. The molecule has 4 heterocycles. The zero-order chi connectivity index (χ0) is 26.6. The van der Waals surface area contributed by atoms with Gasteiger partial charge in [-0.3, -0.25) is 9.88 Å². The lowest BCUT2D eigenvalue weighted by atomic mass is 10.0. The zero-order valence-electron chi connectivity index (χ0n) is 21.4. The molecule has 10 heteroatoms. The number of amides is 2. The molecule has 6 bridgehead atoms. The summed E-state index contributed by atoms with van der Waals surface area (Å²) in [6.45, 7) is 3.97. The predicted molar refractivity (Wildman–Crippen MR) is 154 cm³/mol. The lowest BCUT2D eigenvalue weighted by Crippen LogP contribution is -2.49. The summed E-state index contributed by atoms with van der Waals surface area (Å²) in [7, 11) is 0. The fourth-order valence-corrected chi connectivity index (χ4v) is 5.04. The molecule has 2 aromatic heterocycles. The van der Waals surface area contributed by atoms with Gasteiger partial charge in [0.25, 0.3) is 0 Å². The average Bonchev–Trinajstić information content (AvgIpc) is 2.96. The summed E-state index contributed by atoms with van der Waals surface area (Å²) in [5.41, 5.74) is 5.79. The average molecular weight is 541 g/mol. The van der Waals surface area contributed by atoms with Crippen LogP contribution >= 0.6 is 11.6 Å². The van der Waals surface area contributed by atoms with E-state index in [-0.39, 0.29) is 6.03 Å². The number of hydrogen-bond acceptors (Lipinski definition) is 7. The summed E-state index contributed by atoms with van der Waals surface area (Å²) >= 11 is 6.38. The van der Waals surface area contributed by atoms with Gasteiger partial charge in [-0.2, -0.15) is 4.98 Å². The van der Waals surface area contributed by atoms with Crippen LogP contribution in [0.2, 0.25) is 5.02 Å². The van der Waals surface area contributed by atoms with Gasteiger partial charge in [0.05, 0.1) is 18.1 Å². The Bertz CT molecular complexity index is 1470. The van der Waals surface area contributed by atoms with Crippen molar-refractivity contribution in [1.29, 1.82) is 0 Å². The third kappa shape index (κ3) is 6.10. The Hall–Kier alpha value is -4.21. The van der Waals surface area contributed by atoms with Gasteiger partial charge in [0.15, 0.2) is 5.82 Å². The Labute approximate surface area is 232 Å². The molecule has 1 fully saturated rings. The van der Waals surface area contributed by atoms with Crippen molar-refractivity contribution >= 4 is 46.5 Å². The van der Waals surface area contributed by atoms with Crippen molar-refractivity contribution in [2.45, 2.75) is 19.4 Å². The van der Waals surface area contributed by atoms with Gasteiger partial charge in [-0.1, -0.05) is 41.9 Å². The van der Waals surface area contributed by atoms with Crippen LogP contribution in [0.5, 0.6) is 0 Å². The first kappa shape index (κ1) is 25.1. The van der Waals surface area contributed by atoms with E-state index in [1.165, 1.54) is 5.56 Å². The Balaban J connectivity index is 1.18. The first-order chi connectivity index (χ1) is 19.1. The van der Waals surface area contributed by atoms with Crippen LogP contribution in [0.25, 0.3) is 0 Å². The molecule has 2 aromatic carbocycles. The first-order valence-corrected chi connectivity index (χ1v) is 13.4. The number of nitrogens with one attached hydrogen (secondary N) is 3. The van der Waals surface area contributed by atoms with Crippen molar-refractivity contribution in [3.63, 3.8) is 0 Å². The van der Waals surface area contributed by atoms with Gasteiger partial charge in [-0.05, 0) is 53.8 Å². The van der Waals surface area contributed by atoms with Gasteiger partial charge in [-0.25, -0.2) is 9.78 Å². The maximum Gasteiger partial charge on any atom is 0.321 e. The predicted octanol–water partition coefficient (Wildman–Crippen LogP) is 5.46. The van der Waals surface area contributed by atoms with E-state index in [0.717, 1.165) is 60.7 Å². The normalized spacial score (nSPS) is 15.2. The smallest absolute Gasteiger partial charge is 0.321 e. The molecule has 0 aliphatic carbocycles. The minimum Gasteiger partial charge on any atom is -0.339 e. The molecule has 39 heavy (non-hydrogen) atoms. The molecule has 6 rings (SSSR count). The van der Waals surface area contributed by atoms with E-state index in [0.29, 0.717) is 29.9 Å². The summed E-state index contributed by atoms with van der Waals surface area (Å²) in [5, 5.41) is 10.1. The molecule has 0 spiro atoms. The Morgan fingerprint density at radius 2 is 1.77 bits per heavy atom. The van der Waals surface area contributed by atoms with E-state index >= 15 is 0 Å². The molecule has 2 amide bonds. The second kappa shape index (κ2) is 11.3. The highest BCUT2D eigenvalue weighted by Crippen LogP contribution is 2.29. The minimum atomic E-state index is -0.0782. The Morgan fingerprint density at radius 3 is 2.62 bits per heavy atom. The van der Waals surface area contributed by atoms with Gasteiger partial charge in [-0.15, -0.1) is 0 Å². The highest BCUT2D eigenvalue weighted by Gasteiger charge is 2.22. The third-order valence-corrected chi connectivity index (χ3v) is 7.27. The number of nitrogens with zero attached hydrogens (tertiary/aromatic N) is 5. The number of carbonyl (C=O) groups excluding carboxylic acids is 1. The van der Waals surface area contributed by atoms with Gasteiger partial charge in [0.2, 0.25) is 5.95 Å². The molecule has 0 saturated carbocycles.